The maximum atomic E-state index is 2.58. The van der Waals surface area contributed by atoms with E-state index in [1.54, 1.807) is 5.82 Å². The van der Waals surface area contributed by atoms with Crippen molar-refractivity contribution in [3.63, 3.8) is 0 Å². The fourth-order valence-electron chi connectivity index (χ4n) is 5.84. The molecule has 0 saturated carbocycles. The number of hydrogen-bond donors (Lipinski definition) is 0. The Morgan fingerprint density at radius 2 is 0.865 bits per heavy atom. The number of rotatable bonds is 28. The zero-order valence-corrected chi connectivity index (χ0v) is 26.2. The molecule has 1 aromatic rings. The Hall–Kier alpha value is -0.790. The maximum Gasteiger partial charge on any atom is 0.256 e. The van der Waals surface area contributed by atoms with Gasteiger partial charge in [-0.2, -0.15) is 0 Å². The van der Waals surface area contributed by atoms with E-state index in [1.165, 1.54) is 173 Å². The molecule has 0 unspecified atom stereocenters. The minimum absolute atomic E-state index is 0.570. The van der Waals surface area contributed by atoms with Crippen LogP contribution >= 0.6 is 0 Å². The van der Waals surface area contributed by atoms with Gasteiger partial charge in [-0.15, -0.1) is 0 Å². The van der Waals surface area contributed by atoms with Gasteiger partial charge in [0.25, 0.3) is 5.82 Å². The van der Waals surface area contributed by atoms with Crippen LogP contribution in [-0.2, 0) is 13.0 Å². The third kappa shape index (κ3) is 19.0. The highest BCUT2D eigenvalue weighted by molar-refractivity contribution is 4.86. The Morgan fingerprint density at radius 3 is 1.24 bits per heavy atom. The van der Waals surface area contributed by atoms with Gasteiger partial charge in [0.05, 0.1) is 12.6 Å². The van der Waals surface area contributed by atoms with E-state index in [4.69, 9.17) is 0 Å². The molecule has 2 nitrogen and oxygen atoms in total. The number of hydrogen-bond acceptors (Lipinski definition) is 0. The maximum absolute atomic E-state index is 2.58. The normalized spacial score (nSPS) is 11.7. The molecule has 0 aliphatic carbocycles. The van der Waals surface area contributed by atoms with E-state index in [2.05, 4.69) is 49.2 Å². The number of nitrogens with zero attached hydrogens (tertiary/aromatic N) is 2. The highest BCUT2D eigenvalue weighted by Gasteiger charge is 2.18. The van der Waals surface area contributed by atoms with Crippen LogP contribution in [0, 0.1) is 0 Å². The fourth-order valence-corrected chi connectivity index (χ4v) is 5.84. The van der Waals surface area contributed by atoms with Crippen LogP contribution in [0.1, 0.15) is 200 Å². The van der Waals surface area contributed by atoms with Crippen LogP contribution in [0.5, 0.6) is 0 Å². The van der Waals surface area contributed by atoms with Gasteiger partial charge in [-0.05, 0) is 33.1 Å². The lowest BCUT2D eigenvalue weighted by Crippen LogP contribution is -2.37. The Labute approximate surface area is 234 Å². The van der Waals surface area contributed by atoms with Crippen molar-refractivity contribution in [2.24, 2.45) is 0 Å². The summed E-state index contributed by atoms with van der Waals surface area (Å²) in [6.45, 7) is 10.5. The second kappa shape index (κ2) is 25.5. The van der Waals surface area contributed by atoms with E-state index >= 15 is 0 Å². The summed E-state index contributed by atoms with van der Waals surface area (Å²) in [4.78, 5) is 0. The third-order valence-corrected chi connectivity index (χ3v) is 8.35. The molecular weight excluding hydrogens is 448 g/mol. The minimum Gasteiger partial charge on any atom is -0.234 e. The summed E-state index contributed by atoms with van der Waals surface area (Å²) in [6.07, 6.45) is 41.8. The van der Waals surface area contributed by atoms with E-state index < -0.39 is 0 Å². The highest BCUT2D eigenvalue weighted by atomic mass is 15.2. The lowest BCUT2D eigenvalue weighted by Gasteiger charge is -2.08. The van der Waals surface area contributed by atoms with Crippen molar-refractivity contribution in [3.8, 4) is 0 Å². The van der Waals surface area contributed by atoms with Crippen LogP contribution in [0.3, 0.4) is 0 Å². The number of unbranched alkanes of at least 4 members (excludes halogenated alkanes) is 23. The molecule has 0 fully saturated rings. The van der Waals surface area contributed by atoms with Gasteiger partial charge in [0, 0.05) is 6.42 Å². The highest BCUT2D eigenvalue weighted by Crippen LogP contribution is 2.16. The third-order valence-electron chi connectivity index (χ3n) is 8.35. The molecule has 0 aliphatic heterocycles. The lowest BCUT2D eigenvalue weighted by molar-refractivity contribution is -0.704. The standard InChI is InChI=1S/C35H69N2/c1-5-7-9-11-13-15-17-19-20-22-24-26-28-30-35-36(32-33-37(35)34(3)4)31-29-27-25-23-21-18-16-14-12-10-8-6-2/h32-34H,5-31H2,1-4H3/q+1. The Bertz CT molecular complexity index is 588. The topological polar surface area (TPSA) is 8.81 Å². The van der Waals surface area contributed by atoms with Gasteiger partial charge in [0.1, 0.15) is 12.4 Å². The van der Waals surface area contributed by atoms with Crippen LogP contribution in [0.2, 0.25) is 0 Å². The SMILES string of the molecule is CCCCCCCCCCCCCCCc1n(C(C)C)cc[n+]1CCCCCCCCCCCCCC. The first-order valence-electron chi connectivity index (χ1n) is 17.3. The molecule has 37 heavy (non-hydrogen) atoms. The first-order valence-corrected chi connectivity index (χ1v) is 17.3. The average molecular weight is 518 g/mol. The van der Waals surface area contributed by atoms with Crippen LogP contribution in [0.15, 0.2) is 12.4 Å². The van der Waals surface area contributed by atoms with Gasteiger partial charge >= 0.3 is 0 Å². The molecule has 0 saturated heterocycles. The summed E-state index contributed by atoms with van der Waals surface area (Å²) in [5.74, 6) is 1.57. The predicted octanol–water partition coefficient (Wildman–Crippen LogP) is 11.7. The van der Waals surface area contributed by atoms with Crippen molar-refractivity contribution >= 4 is 0 Å². The average Bonchev–Trinajstić information content (AvgIpc) is 3.30. The largest absolute Gasteiger partial charge is 0.256 e. The van der Waals surface area contributed by atoms with Gasteiger partial charge in [0.2, 0.25) is 0 Å². The molecule has 0 atom stereocenters. The summed E-state index contributed by atoms with van der Waals surface area (Å²) in [7, 11) is 0. The summed E-state index contributed by atoms with van der Waals surface area (Å²) in [6, 6.07) is 0.570. The summed E-state index contributed by atoms with van der Waals surface area (Å²) in [5, 5.41) is 0. The van der Waals surface area contributed by atoms with Crippen molar-refractivity contribution in [2.75, 3.05) is 0 Å². The molecule has 1 heterocycles. The minimum atomic E-state index is 0.570. The number of imidazole rings is 1. The van der Waals surface area contributed by atoms with Crippen LogP contribution in [-0.4, -0.2) is 4.57 Å². The van der Waals surface area contributed by atoms with Crippen molar-refractivity contribution in [3.05, 3.63) is 18.2 Å². The van der Waals surface area contributed by atoms with Gasteiger partial charge in [-0.1, -0.05) is 155 Å². The van der Waals surface area contributed by atoms with E-state index in [9.17, 15) is 0 Å². The molecule has 218 valence electrons. The van der Waals surface area contributed by atoms with Gasteiger partial charge < -0.3 is 0 Å². The van der Waals surface area contributed by atoms with Crippen molar-refractivity contribution in [2.45, 2.75) is 207 Å². The van der Waals surface area contributed by atoms with Gasteiger partial charge in [-0.3, -0.25) is 0 Å². The monoisotopic (exact) mass is 518 g/mol. The number of aromatic nitrogens is 2. The smallest absolute Gasteiger partial charge is 0.234 e. The second-order valence-corrected chi connectivity index (χ2v) is 12.3. The molecule has 0 aromatic carbocycles. The van der Waals surface area contributed by atoms with Crippen LogP contribution < -0.4 is 4.57 Å². The summed E-state index contributed by atoms with van der Waals surface area (Å²) >= 11 is 0. The second-order valence-electron chi connectivity index (χ2n) is 12.3. The first-order chi connectivity index (χ1) is 18.2. The first kappa shape index (κ1) is 34.2. The molecule has 0 N–H and O–H groups in total. The molecule has 1 rings (SSSR count). The Balaban J connectivity index is 2.09. The molecule has 0 radical (unpaired) electrons. The molecular formula is C35H69N2+. The molecule has 1 aromatic heterocycles. The Kier molecular flexibility index (Phi) is 23.6. The quantitative estimate of drug-likeness (QED) is 0.0771. The molecule has 0 spiro atoms. The van der Waals surface area contributed by atoms with Crippen LogP contribution in [0.4, 0.5) is 0 Å². The van der Waals surface area contributed by atoms with Crippen molar-refractivity contribution < 1.29 is 4.57 Å². The van der Waals surface area contributed by atoms with E-state index in [1.807, 2.05) is 0 Å². The lowest BCUT2D eigenvalue weighted by atomic mass is 10.0. The molecule has 2 heteroatoms. The van der Waals surface area contributed by atoms with E-state index in [-0.39, 0.29) is 0 Å². The van der Waals surface area contributed by atoms with Gasteiger partial charge in [0.15, 0.2) is 0 Å². The molecule has 0 aliphatic rings. The van der Waals surface area contributed by atoms with Crippen LogP contribution in [0.25, 0.3) is 0 Å². The van der Waals surface area contributed by atoms with Gasteiger partial charge in [-0.25, -0.2) is 9.13 Å². The fraction of sp³-hybridized carbons (Fsp3) is 0.914. The Morgan fingerprint density at radius 1 is 0.514 bits per heavy atom. The molecule has 0 amide bonds. The zero-order chi connectivity index (χ0) is 26.8. The van der Waals surface area contributed by atoms with Crippen molar-refractivity contribution in [1.82, 2.24) is 4.57 Å². The summed E-state index contributed by atoms with van der Waals surface area (Å²) < 4.78 is 5.11. The predicted molar refractivity (Wildman–Crippen MR) is 165 cm³/mol. The summed E-state index contributed by atoms with van der Waals surface area (Å²) in [5.41, 5.74) is 0. The molecule has 0 bridgehead atoms. The van der Waals surface area contributed by atoms with E-state index in [0.717, 1.165) is 0 Å². The van der Waals surface area contributed by atoms with Crippen molar-refractivity contribution in [1.29, 1.82) is 0 Å². The zero-order valence-electron chi connectivity index (χ0n) is 26.2. The number of aryl methyl sites for hydroxylation is 1. The van der Waals surface area contributed by atoms with E-state index in [0.29, 0.717) is 6.04 Å².